The lowest BCUT2D eigenvalue weighted by atomic mass is 10.2. The number of hydrogen-bond acceptors (Lipinski definition) is 2. The van der Waals surface area contributed by atoms with Gasteiger partial charge in [0.2, 0.25) is 0 Å². The standard InChI is InChI=1S/C11H10ClN3O/c1-7-10(6-13-15-7)11(16)14-9-4-2-3-8(12)5-9/h2-6H,1H3,(H,13,15)(H,14,16). The number of amides is 1. The second-order valence-electron chi connectivity index (χ2n) is 3.37. The lowest BCUT2D eigenvalue weighted by molar-refractivity contribution is 0.102. The molecule has 0 unspecified atom stereocenters. The van der Waals surface area contributed by atoms with Crippen molar-refractivity contribution in [1.29, 1.82) is 0 Å². The molecule has 2 aromatic rings. The highest BCUT2D eigenvalue weighted by atomic mass is 35.5. The predicted octanol–water partition coefficient (Wildman–Crippen LogP) is 2.62. The summed E-state index contributed by atoms with van der Waals surface area (Å²) in [6.45, 7) is 1.79. The van der Waals surface area contributed by atoms with Gasteiger partial charge in [0, 0.05) is 16.4 Å². The van der Waals surface area contributed by atoms with E-state index in [-0.39, 0.29) is 5.91 Å². The molecule has 2 rings (SSSR count). The first kappa shape index (κ1) is 10.7. The molecule has 0 fully saturated rings. The number of carbonyl (C=O) groups is 1. The minimum Gasteiger partial charge on any atom is -0.322 e. The van der Waals surface area contributed by atoms with Crippen LogP contribution in [0.1, 0.15) is 16.1 Å². The maximum Gasteiger partial charge on any atom is 0.259 e. The molecule has 0 radical (unpaired) electrons. The largest absolute Gasteiger partial charge is 0.322 e. The Balaban J connectivity index is 2.17. The average molecular weight is 236 g/mol. The summed E-state index contributed by atoms with van der Waals surface area (Å²) in [5.41, 5.74) is 1.93. The number of aryl methyl sites for hydroxylation is 1. The summed E-state index contributed by atoms with van der Waals surface area (Å²) >= 11 is 5.81. The van der Waals surface area contributed by atoms with Crippen molar-refractivity contribution in [2.24, 2.45) is 0 Å². The van der Waals surface area contributed by atoms with Crippen LogP contribution in [0.4, 0.5) is 5.69 Å². The van der Waals surface area contributed by atoms with Crippen molar-refractivity contribution in [3.8, 4) is 0 Å². The Kier molecular flexibility index (Phi) is 2.92. The zero-order valence-corrected chi connectivity index (χ0v) is 9.38. The van der Waals surface area contributed by atoms with Crippen molar-refractivity contribution in [3.63, 3.8) is 0 Å². The van der Waals surface area contributed by atoms with E-state index in [4.69, 9.17) is 11.6 Å². The van der Waals surface area contributed by atoms with Crippen LogP contribution in [0.15, 0.2) is 30.5 Å². The first-order valence-corrected chi connectivity index (χ1v) is 5.11. The summed E-state index contributed by atoms with van der Waals surface area (Å²) in [6.07, 6.45) is 1.50. The Hall–Kier alpha value is -1.81. The fourth-order valence-electron chi connectivity index (χ4n) is 1.34. The van der Waals surface area contributed by atoms with E-state index < -0.39 is 0 Å². The Morgan fingerprint density at radius 1 is 1.50 bits per heavy atom. The van der Waals surface area contributed by atoms with Crippen molar-refractivity contribution in [2.45, 2.75) is 6.92 Å². The molecule has 16 heavy (non-hydrogen) atoms. The number of aromatic amines is 1. The highest BCUT2D eigenvalue weighted by Gasteiger charge is 2.10. The number of halogens is 1. The minimum absolute atomic E-state index is 0.200. The van der Waals surface area contributed by atoms with Crippen LogP contribution in [0.5, 0.6) is 0 Å². The minimum atomic E-state index is -0.200. The lowest BCUT2D eigenvalue weighted by Gasteiger charge is -2.04. The maximum absolute atomic E-state index is 11.8. The van der Waals surface area contributed by atoms with Gasteiger partial charge in [-0.3, -0.25) is 9.89 Å². The van der Waals surface area contributed by atoms with Crippen molar-refractivity contribution < 1.29 is 4.79 Å². The van der Waals surface area contributed by atoms with E-state index in [0.29, 0.717) is 16.3 Å². The number of hydrogen-bond donors (Lipinski definition) is 2. The normalized spacial score (nSPS) is 10.1. The molecule has 0 aliphatic heterocycles. The third-order valence-corrected chi connectivity index (χ3v) is 2.39. The molecule has 0 atom stereocenters. The van der Waals surface area contributed by atoms with Crippen LogP contribution < -0.4 is 5.32 Å². The van der Waals surface area contributed by atoms with Crippen LogP contribution >= 0.6 is 11.6 Å². The van der Waals surface area contributed by atoms with Gasteiger partial charge < -0.3 is 5.32 Å². The molecule has 0 aliphatic rings. The van der Waals surface area contributed by atoms with E-state index in [0.717, 1.165) is 5.69 Å². The quantitative estimate of drug-likeness (QED) is 0.841. The molecule has 2 N–H and O–H groups in total. The number of H-pyrrole nitrogens is 1. The molecule has 0 spiro atoms. The second-order valence-corrected chi connectivity index (χ2v) is 3.81. The van der Waals surface area contributed by atoms with Gasteiger partial charge in [-0.15, -0.1) is 0 Å². The third kappa shape index (κ3) is 2.23. The van der Waals surface area contributed by atoms with Crippen molar-refractivity contribution in [2.75, 3.05) is 5.32 Å². The molecule has 4 nitrogen and oxygen atoms in total. The summed E-state index contributed by atoms with van der Waals surface area (Å²) in [7, 11) is 0. The molecular formula is C11H10ClN3O. The van der Waals surface area contributed by atoms with Gasteiger partial charge in [-0.1, -0.05) is 17.7 Å². The molecule has 1 aromatic carbocycles. The van der Waals surface area contributed by atoms with E-state index in [2.05, 4.69) is 15.5 Å². The molecule has 5 heteroatoms. The number of carbonyl (C=O) groups excluding carboxylic acids is 1. The van der Waals surface area contributed by atoms with Crippen LogP contribution in [0.3, 0.4) is 0 Å². The SMILES string of the molecule is Cc1[nH]ncc1C(=O)Nc1cccc(Cl)c1. The zero-order valence-electron chi connectivity index (χ0n) is 8.62. The summed E-state index contributed by atoms with van der Waals surface area (Å²) < 4.78 is 0. The molecule has 0 aliphatic carbocycles. The van der Waals surface area contributed by atoms with Crippen LogP contribution in [0.25, 0.3) is 0 Å². The van der Waals surface area contributed by atoms with E-state index in [1.165, 1.54) is 6.20 Å². The van der Waals surface area contributed by atoms with Crippen molar-refractivity contribution in [1.82, 2.24) is 10.2 Å². The molecule has 1 amide bonds. The third-order valence-electron chi connectivity index (χ3n) is 2.16. The van der Waals surface area contributed by atoms with Gasteiger partial charge in [0.15, 0.2) is 0 Å². The Morgan fingerprint density at radius 3 is 2.94 bits per heavy atom. The molecule has 1 heterocycles. The molecule has 1 aromatic heterocycles. The first-order chi connectivity index (χ1) is 7.66. The van der Waals surface area contributed by atoms with Gasteiger partial charge in [0.25, 0.3) is 5.91 Å². The van der Waals surface area contributed by atoms with E-state index in [9.17, 15) is 4.79 Å². The van der Waals surface area contributed by atoms with Crippen LogP contribution in [-0.4, -0.2) is 16.1 Å². The summed E-state index contributed by atoms with van der Waals surface area (Å²) in [6, 6.07) is 6.99. The van der Waals surface area contributed by atoms with Gasteiger partial charge in [-0.05, 0) is 25.1 Å². The lowest BCUT2D eigenvalue weighted by Crippen LogP contribution is -2.12. The number of nitrogens with one attached hydrogen (secondary N) is 2. The van der Waals surface area contributed by atoms with Crippen molar-refractivity contribution >= 4 is 23.2 Å². The van der Waals surface area contributed by atoms with Crippen molar-refractivity contribution in [3.05, 3.63) is 46.7 Å². The van der Waals surface area contributed by atoms with Gasteiger partial charge in [-0.25, -0.2) is 0 Å². The van der Waals surface area contributed by atoms with Crippen LogP contribution in [0.2, 0.25) is 5.02 Å². The van der Waals surface area contributed by atoms with Crippen LogP contribution in [-0.2, 0) is 0 Å². The van der Waals surface area contributed by atoms with Gasteiger partial charge in [-0.2, -0.15) is 5.10 Å². The highest BCUT2D eigenvalue weighted by molar-refractivity contribution is 6.30. The molecule has 0 bridgehead atoms. The molecule has 0 saturated heterocycles. The molecular weight excluding hydrogens is 226 g/mol. The van der Waals surface area contributed by atoms with Crippen LogP contribution in [0, 0.1) is 6.92 Å². The smallest absolute Gasteiger partial charge is 0.259 e. The maximum atomic E-state index is 11.8. The number of aromatic nitrogens is 2. The van der Waals surface area contributed by atoms with E-state index in [1.807, 2.05) is 0 Å². The second kappa shape index (κ2) is 4.37. The predicted molar refractivity (Wildman–Crippen MR) is 62.7 cm³/mol. The fourth-order valence-corrected chi connectivity index (χ4v) is 1.53. The highest BCUT2D eigenvalue weighted by Crippen LogP contribution is 2.16. The monoisotopic (exact) mass is 235 g/mol. The summed E-state index contributed by atoms with van der Waals surface area (Å²) in [5, 5.41) is 9.83. The molecule has 0 saturated carbocycles. The molecule has 82 valence electrons. The Labute approximate surface area is 97.6 Å². The van der Waals surface area contributed by atoms with E-state index in [1.54, 1.807) is 31.2 Å². The van der Waals surface area contributed by atoms with Gasteiger partial charge in [0.1, 0.15) is 0 Å². The van der Waals surface area contributed by atoms with Gasteiger partial charge >= 0.3 is 0 Å². The van der Waals surface area contributed by atoms with Gasteiger partial charge in [0.05, 0.1) is 11.8 Å². The summed E-state index contributed by atoms with van der Waals surface area (Å²) in [5.74, 6) is -0.200. The fraction of sp³-hybridized carbons (Fsp3) is 0.0909. The van der Waals surface area contributed by atoms with E-state index >= 15 is 0 Å². The number of rotatable bonds is 2. The number of benzene rings is 1. The number of nitrogens with zero attached hydrogens (tertiary/aromatic N) is 1. The number of anilines is 1. The zero-order chi connectivity index (χ0) is 11.5. The Bertz CT molecular complexity index is 521. The average Bonchev–Trinajstić information content (AvgIpc) is 2.64. The first-order valence-electron chi connectivity index (χ1n) is 4.73. The topological polar surface area (TPSA) is 57.8 Å². The summed E-state index contributed by atoms with van der Waals surface area (Å²) in [4.78, 5) is 11.8. The Morgan fingerprint density at radius 2 is 2.31 bits per heavy atom.